The predicted molar refractivity (Wildman–Crippen MR) is 57.0 cm³/mol. The molecule has 82 valence electrons. The molecule has 0 bridgehead atoms. The minimum absolute atomic E-state index is 0.189. The maximum atomic E-state index is 12.1. The van der Waals surface area contributed by atoms with Gasteiger partial charge in [0.15, 0.2) is 5.81 Å². The monoisotopic (exact) mass is 218 g/mol. The largest absolute Gasteiger partial charge is 0.371 e. The second-order valence-electron chi connectivity index (χ2n) is 3.32. The zero-order valence-electron chi connectivity index (χ0n) is 9.36. The summed E-state index contributed by atoms with van der Waals surface area (Å²) in [4.78, 5) is 0. The SMILES string of the molecule is CCCN(CC)P(=O)(C#N)OC(C)C. The molecule has 0 rings (SSSR count). The number of rotatable bonds is 6. The second kappa shape index (κ2) is 6.19. The topological polar surface area (TPSA) is 53.3 Å². The van der Waals surface area contributed by atoms with Crippen LogP contribution in [0.1, 0.15) is 34.1 Å². The van der Waals surface area contributed by atoms with Crippen LogP contribution in [0.15, 0.2) is 0 Å². The van der Waals surface area contributed by atoms with Crippen LogP contribution in [0.4, 0.5) is 0 Å². The van der Waals surface area contributed by atoms with E-state index in [1.54, 1.807) is 24.3 Å². The molecule has 0 N–H and O–H groups in total. The fourth-order valence-corrected chi connectivity index (χ4v) is 2.89. The van der Waals surface area contributed by atoms with Gasteiger partial charge in [0.25, 0.3) is 0 Å². The maximum Gasteiger partial charge on any atom is 0.371 e. The van der Waals surface area contributed by atoms with E-state index in [0.717, 1.165) is 6.42 Å². The Morgan fingerprint density at radius 3 is 2.36 bits per heavy atom. The first-order valence-electron chi connectivity index (χ1n) is 4.95. The molecule has 0 heterocycles. The predicted octanol–water partition coefficient (Wildman–Crippen LogP) is 2.82. The average molecular weight is 218 g/mol. The highest BCUT2D eigenvalue weighted by Gasteiger charge is 2.31. The molecule has 0 radical (unpaired) electrons. The van der Waals surface area contributed by atoms with Gasteiger partial charge in [0.05, 0.1) is 6.10 Å². The van der Waals surface area contributed by atoms with E-state index in [1.165, 1.54) is 0 Å². The van der Waals surface area contributed by atoms with Crippen LogP contribution < -0.4 is 0 Å². The second-order valence-corrected chi connectivity index (χ2v) is 5.34. The first kappa shape index (κ1) is 13.6. The highest BCUT2D eigenvalue weighted by atomic mass is 31.2. The van der Waals surface area contributed by atoms with Crippen molar-refractivity contribution in [3.63, 3.8) is 0 Å². The first-order chi connectivity index (χ1) is 6.50. The smallest absolute Gasteiger partial charge is 0.304 e. The van der Waals surface area contributed by atoms with Crippen molar-refractivity contribution in [3.8, 4) is 5.81 Å². The summed E-state index contributed by atoms with van der Waals surface area (Å²) in [6.45, 7) is 8.64. The van der Waals surface area contributed by atoms with Gasteiger partial charge in [-0.05, 0) is 20.3 Å². The summed E-state index contributed by atoms with van der Waals surface area (Å²) in [6, 6.07) is 0. The van der Waals surface area contributed by atoms with Crippen molar-refractivity contribution in [2.24, 2.45) is 0 Å². The van der Waals surface area contributed by atoms with Crippen LogP contribution in [-0.2, 0) is 9.09 Å². The molecule has 0 aromatic carbocycles. The Morgan fingerprint density at radius 2 is 2.07 bits per heavy atom. The van der Waals surface area contributed by atoms with Crippen molar-refractivity contribution in [1.82, 2.24) is 4.67 Å². The van der Waals surface area contributed by atoms with Crippen molar-refractivity contribution in [2.45, 2.75) is 40.2 Å². The summed E-state index contributed by atoms with van der Waals surface area (Å²) in [7, 11) is -3.24. The summed E-state index contributed by atoms with van der Waals surface area (Å²) in [5, 5.41) is 8.88. The molecular formula is C9H19N2O2P. The van der Waals surface area contributed by atoms with Gasteiger partial charge in [0, 0.05) is 13.1 Å². The van der Waals surface area contributed by atoms with E-state index in [1.807, 2.05) is 13.8 Å². The Morgan fingerprint density at radius 1 is 1.50 bits per heavy atom. The molecule has 4 nitrogen and oxygen atoms in total. The molecule has 0 aromatic rings. The van der Waals surface area contributed by atoms with Crippen LogP contribution >= 0.6 is 7.52 Å². The average Bonchev–Trinajstić information content (AvgIpc) is 2.12. The van der Waals surface area contributed by atoms with Crippen LogP contribution in [0.5, 0.6) is 0 Å². The molecule has 0 saturated heterocycles. The number of nitrogens with zero attached hydrogens (tertiary/aromatic N) is 2. The Balaban J connectivity index is 4.65. The molecule has 0 amide bonds. The van der Waals surface area contributed by atoms with E-state index in [2.05, 4.69) is 0 Å². The third kappa shape index (κ3) is 3.79. The van der Waals surface area contributed by atoms with Crippen LogP contribution in [0.2, 0.25) is 0 Å². The van der Waals surface area contributed by atoms with Gasteiger partial charge >= 0.3 is 7.52 Å². The highest BCUT2D eigenvalue weighted by molar-refractivity contribution is 7.61. The number of nitriles is 1. The van der Waals surface area contributed by atoms with Gasteiger partial charge in [-0.25, -0.2) is 4.67 Å². The summed E-state index contributed by atoms with van der Waals surface area (Å²) >= 11 is 0. The van der Waals surface area contributed by atoms with E-state index in [4.69, 9.17) is 9.79 Å². The maximum absolute atomic E-state index is 12.1. The third-order valence-corrected chi connectivity index (χ3v) is 3.89. The zero-order valence-corrected chi connectivity index (χ0v) is 10.3. The van der Waals surface area contributed by atoms with E-state index < -0.39 is 7.52 Å². The normalized spacial score (nSPS) is 15.5. The molecule has 1 unspecified atom stereocenters. The van der Waals surface area contributed by atoms with Crippen LogP contribution in [-0.4, -0.2) is 23.9 Å². The van der Waals surface area contributed by atoms with Crippen LogP contribution in [0.25, 0.3) is 0 Å². The molecule has 0 spiro atoms. The van der Waals surface area contributed by atoms with Gasteiger partial charge in [0.2, 0.25) is 0 Å². The molecule has 0 aliphatic heterocycles. The van der Waals surface area contributed by atoms with Gasteiger partial charge in [-0.3, -0.25) is 4.57 Å². The lowest BCUT2D eigenvalue weighted by atomic mass is 10.5. The Hall–Kier alpha value is -0.360. The minimum Gasteiger partial charge on any atom is -0.304 e. The number of hydrogen-bond acceptors (Lipinski definition) is 3. The van der Waals surface area contributed by atoms with Crippen LogP contribution in [0.3, 0.4) is 0 Å². The van der Waals surface area contributed by atoms with E-state index in [-0.39, 0.29) is 6.10 Å². The lowest BCUT2D eigenvalue weighted by molar-refractivity contribution is 0.216. The molecule has 0 aliphatic rings. The quantitative estimate of drug-likeness (QED) is 0.643. The van der Waals surface area contributed by atoms with Gasteiger partial charge < -0.3 is 4.52 Å². The zero-order chi connectivity index (χ0) is 11.2. The first-order valence-corrected chi connectivity index (χ1v) is 6.53. The summed E-state index contributed by atoms with van der Waals surface area (Å²) < 4.78 is 18.9. The number of hydrogen-bond donors (Lipinski definition) is 0. The summed E-state index contributed by atoms with van der Waals surface area (Å²) in [5.41, 5.74) is 0. The van der Waals surface area contributed by atoms with E-state index in [9.17, 15) is 4.57 Å². The minimum atomic E-state index is -3.24. The molecule has 0 fully saturated rings. The van der Waals surface area contributed by atoms with Crippen molar-refractivity contribution in [2.75, 3.05) is 13.1 Å². The van der Waals surface area contributed by atoms with Gasteiger partial charge in [0.1, 0.15) is 0 Å². The fourth-order valence-electron chi connectivity index (χ4n) is 1.17. The molecule has 5 heteroatoms. The lowest BCUT2D eigenvalue weighted by Crippen LogP contribution is -2.23. The Bertz CT molecular complexity index is 248. The van der Waals surface area contributed by atoms with Crippen molar-refractivity contribution < 1.29 is 9.09 Å². The van der Waals surface area contributed by atoms with Gasteiger partial charge in [-0.1, -0.05) is 13.8 Å². The molecule has 0 saturated carbocycles. The Kier molecular flexibility index (Phi) is 6.03. The summed E-state index contributed by atoms with van der Waals surface area (Å²) in [5.74, 6) is 1.80. The van der Waals surface area contributed by atoms with Crippen LogP contribution in [0, 0.1) is 11.1 Å². The molecular weight excluding hydrogens is 199 g/mol. The lowest BCUT2D eigenvalue weighted by Gasteiger charge is -2.25. The molecule has 0 aromatic heterocycles. The van der Waals surface area contributed by atoms with E-state index in [0.29, 0.717) is 13.1 Å². The fraction of sp³-hybridized carbons (Fsp3) is 0.889. The van der Waals surface area contributed by atoms with Crippen molar-refractivity contribution in [3.05, 3.63) is 0 Å². The third-order valence-electron chi connectivity index (χ3n) is 1.70. The van der Waals surface area contributed by atoms with Gasteiger partial charge in [-0.2, -0.15) is 5.26 Å². The molecule has 1 atom stereocenters. The van der Waals surface area contributed by atoms with Crippen molar-refractivity contribution >= 4 is 7.52 Å². The Labute approximate surface area is 86.4 Å². The standard InChI is InChI=1S/C9H19N2O2P/c1-5-7-11(6-2)14(12,8-10)13-9(3)4/h9H,5-7H2,1-4H3. The summed E-state index contributed by atoms with van der Waals surface area (Å²) in [6.07, 6.45) is 0.674. The molecule has 14 heavy (non-hydrogen) atoms. The molecule has 0 aliphatic carbocycles. The van der Waals surface area contributed by atoms with E-state index >= 15 is 0 Å². The highest BCUT2D eigenvalue weighted by Crippen LogP contribution is 2.50. The van der Waals surface area contributed by atoms with Gasteiger partial charge in [-0.15, -0.1) is 0 Å². The van der Waals surface area contributed by atoms with Crippen molar-refractivity contribution in [1.29, 1.82) is 5.26 Å².